The molecular formula is C20H14F6N6O. The highest BCUT2D eigenvalue weighted by molar-refractivity contribution is 6.03. The van der Waals surface area contributed by atoms with Gasteiger partial charge in [-0.1, -0.05) is 18.2 Å². The number of carbonyl (C=O) groups is 1. The van der Waals surface area contributed by atoms with E-state index < -0.39 is 35.2 Å². The zero-order chi connectivity index (χ0) is 24.0. The summed E-state index contributed by atoms with van der Waals surface area (Å²) < 4.78 is 82.1. The van der Waals surface area contributed by atoms with E-state index in [4.69, 9.17) is 0 Å². The van der Waals surface area contributed by atoms with Gasteiger partial charge in [0.25, 0.3) is 5.91 Å². The van der Waals surface area contributed by atoms with Crippen LogP contribution in [0.4, 0.5) is 32.0 Å². The maximum Gasteiger partial charge on any atom is 0.459 e. The number of nitrogens with one attached hydrogen (secondary N) is 1. The molecule has 4 aromatic rings. The van der Waals surface area contributed by atoms with E-state index >= 15 is 0 Å². The summed E-state index contributed by atoms with van der Waals surface area (Å²) in [5.41, 5.74) is -1.82. The van der Waals surface area contributed by atoms with Crippen molar-refractivity contribution in [2.24, 2.45) is 0 Å². The molecule has 33 heavy (non-hydrogen) atoms. The van der Waals surface area contributed by atoms with Crippen LogP contribution in [0.15, 0.2) is 48.8 Å². The van der Waals surface area contributed by atoms with Gasteiger partial charge in [0.05, 0.1) is 18.4 Å². The van der Waals surface area contributed by atoms with Crippen LogP contribution in [0.1, 0.15) is 27.4 Å². The lowest BCUT2D eigenvalue weighted by atomic mass is 10.2. The highest BCUT2D eigenvalue weighted by atomic mass is 19.4. The van der Waals surface area contributed by atoms with Crippen molar-refractivity contribution in [1.29, 1.82) is 0 Å². The third kappa shape index (κ3) is 4.25. The minimum absolute atomic E-state index is 0.0794. The van der Waals surface area contributed by atoms with E-state index in [-0.39, 0.29) is 28.1 Å². The van der Waals surface area contributed by atoms with E-state index in [0.717, 1.165) is 6.07 Å². The normalized spacial score (nSPS) is 12.3. The number of amides is 1. The van der Waals surface area contributed by atoms with Crippen LogP contribution < -0.4 is 5.32 Å². The number of aromatic nitrogens is 5. The monoisotopic (exact) mass is 468 g/mol. The molecule has 0 aliphatic rings. The Kier molecular flexibility index (Phi) is 5.34. The van der Waals surface area contributed by atoms with Gasteiger partial charge in [0.15, 0.2) is 11.3 Å². The molecule has 0 aliphatic heterocycles. The van der Waals surface area contributed by atoms with Gasteiger partial charge in [-0.3, -0.25) is 9.48 Å². The number of aryl methyl sites for hydroxylation is 1. The lowest BCUT2D eigenvalue weighted by Crippen LogP contribution is -2.36. The van der Waals surface area contributed by atoms with Gasteiger partial charge >= 0.3 is 12.1 Å². The van der Waals surface area contributed by atoms with Crippen molar-refractivity contribution in [3.05, 3.63) is 77.3 Å². The fourth-order valence-corrected chi connectivity index (χ4v) is 3.09. The lowest BCUT2D eigenvalue weighted by Gasteiger charge is -2.20. The van der Waals surface area contributed by atoms with Gasteiger partial charge in [0, 0.05) is 23.5 Å². The molecule has 4 rings (SSSR count). The lowest BCUT2D eigenvalue weighted by molar-refractivity contribution is -0.291. The molecule has 3 heterocycles. The quantitative estimate of drug-likeness (QED) is 0.443. The first-order chi connectivity index (χ1) is 15.5. The molecule has 0 saturated heterocycles. The molecule has 0 bridgehead atoms. The van der Waals surface area contributed by atoms with Gasteiger partial charge in [-0.2, -0.15) is 32.1 Å². The standard InChI is InChI=1S/C20H14F6N6O/c1-11-6-16(19(22,23)20(24,25)26)32-17(28-11)7-15(30-32)18(33)29-13-8-27-31(10-13)9-12-4-2-3-5-14(12)21/h2-8,10H,9H2,1H3,(H,29,33). The summed E-state index contributed by atoms with van der Waals surface area (Å²) in [4.78, 5) is 16.4. The van der Waals surface area contributed by atoms with Gasteiger partial charge in [-0.15, -0.1) is 0 Å². The summed E-state index contributed by atoms with van der Waals surface area (Å²) in [6, 6.07) is 7.59. The second-order valence-corrected chi connectivity index (χ2v) is 7.13. The molecule has 0 aliphatic carbocycles. The first-order valence-corrected chi connectivity index (χ1v) is 9.35. The molecule has 0 spiro atoms. The van der Waals surface area contributed by atoms with Crippen molar-refractivity contribution in [2.45, 2.75) is 25.6 Å². The van der Waals surface area contributed by atoms with Crippen LogP contribution >= 0.6 is 0 Å². The Hall–Kier alpha value is -3.90. The van der Waals surface area contributed by atoms with Gasteiger partial charge in [0.1, 0.15) is 11.5 Å². The largest absolute Gasteiger partial charge is 0.459 e. The highest BCUT2D eigenvalue weighted by Gasteiger charge is 2.60. The number of halogens is 6. The summed E-state index contributed by atoms with van der Waals surface area (Å²) >= 11 is 0. The summed E-state index contributed by atoms with van der Waals surface area (Å²) in [6.45, 7) is 1.32. The number of alkyl halides is 5. The minimum atomic E-state index is -5.87. The summed E-state index contributed by atoms with van der Waals surface area (Å²) in [5.74, 6) is -6.53. The van der Waals surface area contributed by atoms with Gasteiger partial charge in [-0.05, 0) is 19.1 Å². The maximum absolute atomic E-state index is 14.0. The van der Waals surface area contributed by atoms with Crippen LogP contribution in [-0.4, -0.2) is 36.5 Å². The second-order valence-electron chi connectivity index (χ2n) is 7.13. The van der Waals surface area contributed by atoms with Crippen molar-refractivity contribution >= 4 is 17.2 Å². The molecule has 13 heteroatoms. The molecule has 0 fully saturated rings. The number of hydrogen-bond donors (Lipinski definition) is 1. The number of benzene rings is 1. The van der Waals surface area contributed by atoms with Crippen LogP contribution in [0.25, 0.3) is 5.65 Å². The third-order valence-electron chi connectivity index (χ3n) is 4.65. The Balaban J connectivity index is 1.59. The summed E-state index contributed by atoms with van der Waals surface area (Å²) in [5, 5.41) is 10.0. The number of hydrogen-bond acceptors (Lipinski definition) is 4. The highest BCUT2D eigenvalue weighted by Crippen LogP contribution is 2.43. The van der Waals surface area contributed by atoms with E-state index in [2.05, 4.69) is 20.5 Å². The summed E-state index contributed by atoms with van der Waals surface area (Å²) in [6.07, 6.45) is -3.21. The minimum Gasteiger partial charge on any atom is -0.318 e. The molecular weight excluding hydrogens is 454 g/mol. The van der Waals surface area contributed by atoms with Crippen LogP contribution in [0, 0.1) is 12.7 Å². The van der Waals surface area contributed by atoms with Crippen molar-refractivity contribution in [2.75, 3.05) is 5.32 Å². The number of fused-ring (bicyclic) bond motifs is 1. The molecule has 1 aromatic carbocycles. The molecule has 0 saturated carbocycles. The van der Waals surface area contributed by atoms with E-state index in [1.165, 1.54) is 36.1 Å². The van der Waals surface area contributed by atoms with E-state index in [1.807, 2.05) is 0 Å². The van der Waals surface area contributed by atoms with E-state index in [0.29, 0.717) is 11.6 Å². The Morgan fingerprint density at radius 2 is 1.85 bits per heavy atom. The Morgan fingerprint density at radius 3 is 2.55 bits per heavy atom. The van der Waals surface area contributed by atoms with Crippen molar-refractivity contribution in [1.82, 2.24) is 24.4 Å². The van der Waals surface area contributed by atoms with Crippen LogP contribution in [0.5, 0.6) is 0 Å². The Labute approximate surface area is 181 Å². The molecule has 0 atom stereocenters. The molecule has 0 radical (unpaired) electrons. The first-order valence-electron chi connectivity index (χ1n) is 9.35. The van der Waals surface area contributed by atoms with Crippen molar-refractivity contribution in [3.63, 3.8) is 0 Å². The van der Waals surface area contributed by atoms with Crippen LogP contribution in [0.2, 0.25) is 0 Å². The van der Waals surface area contributed by atoms with Crippen molar-refractivity contribution in [3.8, 4) is 0 Å². The van der Waals surface area contributed by atoms with Crippen LogP contribution in [-0.2, 0) is 12.5 Å². The number of anilines is 1. The number of rotatable bonds is 5. The fraction of sp³-hybridized carbons (Fsp3) is 0.200. The van der Waals surface area contributed by atoms with Gasteiger partial charge < -0.3 is 5.32 Å². The zero-order valence-electron chi connectivity index (χ0n) is 16.7. The molecule has 1 amide bonds. The summed E-state index contributed by atoms with van der Waals surface area (Å²) in [7, 11) is 0. The predicted octanol–water partition coefficient (Wildman–Crippen LogP) is 4.33. The smallest absolute Gasteiger partial charge is 0.318 e. The topological polar surface area (TPSA) is 77.1 Å². The Morgan fingerprint density at radius 1 is 1.12 bits per heavy atom. The SMILES string of the molecule is Cc1cc(C(F)(F)C(F)(F)F)n2nc(C(=O)Nc3cnn(Cc4ccccc4F)c3)cc2n1. The molecule has 1 N–H and O–H groups in total. The van der Waals surface area contributed by atoms with Gasteiger partial charge in [0.2, 0.25) is 0 Å². The second kappa shape index (κ2) is 7.90. The molecule has 172 valence electrons. The fourth-order valence-electron chi connectivity index (χ4n) is 3.09. The predicted molar refractivity (Wildman–Crippen MR) is 103 cm³/mol. The first kappa shape index (κ1) is 22.3. The molecule has 7 nitrogen and oxygen atoms in total. The third-order valence-corrected chi connectivity index (χ3v) is 4.65. The van der Waals surface area contributed by atoms with E-state index in [1.54, 1.807) is 12.1 Å². The average molecular weight is 468 g/mol. The average Bonchev–Trinajstić information content (AvgIpc) is 3.35. The number of carbonyl (C=O) groups excluding carboxylic acids is 1. The molecule has 0 unspecified atom stereocenters. The van der Waals surface area contributed by atoms with Gasteiger partial charge in [-0.25, -0.2) is 13.9 Å². The maximum atomic E-state index is 14.0. The number of nitrogens with zero attached hydrogens (tertiary/aromatic N) is 5. The van der Waals surface area contributed by atoms with Crippen molar-refractivity contribution < 1.29 is 31.1 Å². The Bertz CT molecular complexity index is 1340. The van der Waals surface area contributed by atoms with Crippen LogP contribution in [0.3, 0.4) is 0 Å². The zero-order valence-corrected chi connectivity index (χ0v) is 16.7. The molecule has 3 aromatic heterocycles. The van der Waals surface area contributed by atoms with E-state index in [9.17, 15) is 31.1 Å².